The lowest BCUT2D eigenvalue weighted by atomic mass is 10.2. The molecule has 0 aliphatic heterocycles. The molecule has 0 aliphatic rings. The van der Waals surface area contributed by atoms with Crippen LogP contribution >= 0.6 is 15.9 Å². The van der Waals surface area contributed by atoms with E-state index in [0.29, 0.717) is 32.6 Å². The smallest absolute Gasteiger partial charge is 0.281 e. The van der Waals surface area contributed by atoms with Crippen LogP contribution in [0.2, 0.25) is 0 Å². The van der Waals surface area contributed by atoms with Crippen molar-refractivity contribution >= 4 is 32.9 Å². The molecule has 0 radical (unpaired) electrons. The van der Waals surface area contributed by atoms with Gasteiger partial charge in [-0.1, -0.05) is 0 Å². The second-order valence-electron chi connectivity index (χ2n) is 4.96. The Labute approximate surface area is 145 Å². The molecule has 1 aromatic carbocycles. The molecule has 3 rings (SSSR count). The fraction of sp³-hybridized carbons (Fsp3) is 0.125. The van der Waals surface area contributed by atoms with E-state index in [0.717, 1.165) is 4.68 Å². The number of pyridine rings is 1. The van der Waals surface area contributed by atoms with Gasteiger partial charge in [0, 0.05) is 10.7 Å². The standard InChI is InChI=1S/C16H13BrN4O3/c1-9-19-14-11(4-3-7-18-14)16(23)21(9)20-15(22)12-8-10(24-2)5-6-13(12)17/h3-8H,1-2H3,(H,20,22). The van der Waals surface area contributed by atoms with Gasteiger partial charge in [-0.25, -0.2) is 14.6 Å². The number of nitrogens with zero attached hydrogens (tertiary/aromatic N) is 3. The third-order valence-corrected chi connectivity index (χ3v) is 4.13. The number of carbonyl (C=O) groups is 1. The van der Waals surface area contributed by atoms with Crippen LogP contribution in [0.1, 0.15) is 16.2 Å². The van der Waals surface area contributed by atoms with Gasteiger partial charge in [0.25, 0.3) is 11.5 Å². The van der Waals surface area contributed by atoms with E-state index < -0.39 is 11.5 Å². The van der Waals surface area contributed by atoms with Gasteiger partial charge in [-0.2, -0.15) is 0 Å². The largest absolute Gasteiger partial charge is 0.497 e. The Bertz CT molecular complexity index is 1000. The monoisotopic (exact) mass is 388 g/mol. The summed E-state index contributed by atoms with van der Waals surface area (Å²) in [6.45, 7) is 1.62. The molecule has 1 amide bonds. The summed E-state index contributed by atoms with van der Waals surface area (Å²) in [5, 5.41) is 0.327. The Balaban J connectivity index is 2.04. The van der Waals surface area contributed by atoms with Gasteiger partial charge in [-0.3, -0.25) is 15.0 Å². The minimum atomic E-state index is -0.462. The lowest BCUT2D eigenvalue weighted by Gasteiger charge is -2.13. The van der Waals surface area contributed by atoms with Crippen molar-refractivity contribution in [3.8, 4) is 5.75 Å². The highest BCUT2D eigenvalue weighted by Gasteiger charge is 2.15. The normalized spacial score (nSPS) is 10.6. The Morgan fingerprint density at radius 2 is 2.12 bits per heavy atom. The van der Waals surface area contributed by atoms with Crippen molar-refractivity contribution in [3.63, 3.8) is 0 Å². The number of aromatic nitrogens is 3. The lowest BCUT2D eigenvalue weighted by Crippen LogP contribution is -2.35. The van der Waals surface area contributed by atoms with Crippen LogP contribution in [0.25, 0.3) is 11.0 Å². The van der Waals surface area contributed by atoms with Crippen LogP contribution in [0, 0.1) is 6.92 Å². The van der Waals surface area contributed by atoms with Crippen LogP contribution < -0.4 is 15.7 Å². The summed E-state index contributed by atoms with van der Waals surface area (Å²) in [5.41, 5.74) is 2.86. The first-order valence-electron chi connectivity index (χ1n) is 7.00. The average molecular weight is 389 g/mol. The molecule has 7 nitrogen and oxygen atoms in total. The molecule has 8 heteroatoms. The van der Waals surface area contributed by atoms with Gasteiger partial charge in [0.15, 0.2) is 5.65 Å². The fourth-order valence-corrected chi connectivity index (χ4v) is 2.65. The predicted octanol–water partition coefficient (Wildman–Crippen LogP) is 2.25. The summed E-state index contributed by atoms with van der Waals surface area (Å²) < 4.78 is 6.82. The molecule has 0 saturated carbocycles. The number of ether oxygens (including phenoxy) is 1. The Kier molecular flexibility index (Phi) is 4.30. The van der Waals surface area contributed by atoms with E-state index in [1.54, 1.807) is 43.5 Å². The number of nitrogens with one attached hydrogen (secondary N) is 1. The van der Waals surface area contributed by atoms with E-state index in [4.69, 9.17) is 4.74 Å². The summed E-state index contributed by atoms with van der Waals surface area (Å²) in [4.78, 5) is 33.4. The predicted molar refractivity (Wildman–Crippen MR) is 92.9 cm³/mol. The van der Waals surface area contributed by atoms with E-state index in [1.807, 2.05) is 0 Å². The maximum Gasteiger partial charge on any atom is 0.281 e. The van der Waals surface area contributed by atoms with Gasteiger partial charge < -0.3 is 4.74 Å². The number of carbonyl (C=O) groups excluding carboxylic acids is 1. The lowest BCUT2D eigenvalue weighted by molar-refractivity contribution is 0.100. The summed E-state index contributed by atoms with van der Waals surface area (Å²) in [6.07, 6.45) is 1.56. The van der Waals surface area contributed by atoms with Crippen LogP contribution in [-0.4, -0.2) is 27.7 Å². The van der Waals surface area contributed by atoms with Crippen molar-refractivity contribution in [1.82, 2.24) is 14.6 Å². The highest BCUT2D eigenvalue weighted by Crippen LogP contribution is 2.22. The van der Waals surface area contributed by atoms with Crippen molar-refractivity contribution in [2.45, 2.75) is 6.92 Å². The number of halogens is 1. The molecule has 2 heterocycles. The van der Waals surface area contributed by atoms with Crippen LogP contribution in [-0.2, 0) is 0 Å². The van der Waals surface area contributed by atoms with Crippen molar-refractivity contribution in [2.75, 3.05) is 12.5 Å². The highest BCUT2D eigenvalue weighted by atomic mass is 79.9. The molecule has 1 N–H and O–H groups in total. The molecule has 0 bridgehead atoms. The Hall–Kier alpha value is -2.74. The number of hydrogen-bond donors (Lipinski definition) is 1. The number of amides is 1. The molecular weight excluding hydrogens is 376 g/mol. The van der Waals surface area contributed by atoms with Crippen molar-refractivity contribution in [1.29, 1.82) is 0 Å². The van der Waals surface area contributed by atoms with Crippen LogP contribution in [0.3, 0.4) is 0 Å². The topological polar surface area (TPSA) is 86.1 Å². The van der Waals surface area contributed by atoms with Crippen LogP contribution in [0.5, 0.6) is 5.75 Å². The maximum absolute atomic E-state index is 12.6. The number of aryl methyl sites for hydroxylation is 1. The summed E-state index contributed by atoms with van der Waals surface area (Å²) in [7, 11) is 1.51. The second kappa shape index (κ2) is 6.40. The van der Waals surface area contributed by atoms with Gasteiger partial charge in [0.2, 0.25) is 0 Å². The summed E-state index contributed by atoms with van der Waals surface area (Å²) in [6, 6.07) is 8.26. The molecular formula is C16H13BrN4O3. The number of methoxy groups -OCH3 is 1. The molecule has 0 atom stereocenters. The summed E-state index contributed by atoms with van der Waals surface area (Å²) in [5.74, 6) is 0.405. The van der Waals surface area contributed by atoms with Gasteiger partial charge in [-0.15, -0.1) is 0 Å². The zero-order chi connectivity index (χ0) is 17.3. The van der Waals surface area contributed by atoms with Gasteiger partial charge >= 0.3 is 0 Å². The molecule has 24 heavy (non-hydrogen) atoms. The molecule has 0 spiro atoms. The second-order valence-corrected chi connectivity index (χ2v) is 5.82. The number of benzene rings is 1. The number of hydrogen-bond acceptors (Lipinski definition) is 5. The van der Waals surface area contributed by atoms with Crippen molar-refractivity contribution in [2.24, 2.45) is 0 Å². The minimum absolute atomic E-state index is 0.327. The van der Waals surface area contributed by atoms with Crippen molar-refractivity contribution < 1.29 is 9.53 Å². The average Bonchev–Trinajstić information content (AvgIpc) is 2.59. The van der Waals surface area contributed by atoms with E-state index in [9.17, 15) is 9.59 Å². The molecule has 0 aliphatic carbocycles. The van der Waals surface area contributed by atoms with Crippen LogP contribution in [0.4, 0.5) is 0 Å². The zero-order valence-corrected chi connectivity index (χ0v) is 14.5. The molecule has 0 fully saturated rings. The van der Waals surface area contributed by atoms with Gasteiger partial charge in [0.1, 0.15) is 11.6 Å². The van der Waals surface area contributed by atoms with Gasteiger partial charge in [-0.05, 0) is 53.2 Å². The minimum Gasteiger partial charge on any atom is -0.497 e. The van der Waals surface area contributed by atoms with E-state index >= 15 is 0 Å². The first-order valence-corrected chi connectivity index (χ1v) is 7.80. The fourth-order valence-electron chi connectivity index (χ4n) is 2.22. The first kappa shape index (κ1) is 16.1. The summed E-state index contributed by atoms with van der Waals surface area (Å²) >= 11 is 3.32. The third kappa shape index (κ3) is 2.88. The third-order valence-electron chi connectivity index (χ3n) is 3.44. The van der Waals surface area contributed by atoms with Crippen molar-refractivity contribution in [3.05, 3.63) is 62.7 Å². The number of rotatable bonds is 3. The quantitative estimate of drug-likeness (QED) is 0.743. The molecule has 0 saturated heterocycles. The molecule has 122 valence electrons. The first-order chi connectivity index (χ1) is 11.5. The van der Waals surface area contributed by atoms with E-state index in [1.165, 1.54) is 7.11 Å². The number of fused-ring (bicyclic) bond motifs is 1. The maximum atomic E-state index is 12.6. The van der Waals surface area contributed by atoms with Gasteiger partial charge in [0.05, 0.1) is 18.1 Å². The molecule has 2 aromatic heterocycles. The van der Waals surface area contributed by atoms with E-state index in [2.05, 4.69) is 31.3 Å². The Morgan fingerprint density at radius 3 is 2.88 bits per heavy atom. The molecule has 3 aromatic rings. The Morgan fingerprint density at radius 1 is 1.33 bits per heavy atom. The SMILES string of the molecule is COc1ccc(Br)c(C(=O)Nn2c(C)nc3ncccc3c2=O)c1. The molecule has 0 unspecified atom stereocenters. The van der Waals surface area contributed by atoms with E-state index in [-0.39, 0.29) is 0 Å². The zero-order valence-electron chi connectivity index (χ0n) is 12.9. The van der Waals surface area contributed by atoms with Crippen LogP contribution in [0.15, 0.2) is 45.8 Å². The highest BCUT2D eigenvalue weighted by molar-refractivity contribution is 9.10.